The Balaban J connectivity index is 2.98. The molecule has 4 heteroatoms. The molecule has 0 aliphatic rings. The van der Waals surface area contributed by atoms with Gasteiger partial charge in [0.2, 0.25) is 0 Å². The number of aromatic nitrogens is 1. The number of ether oxygens (including phenoxy) is 1. The van der Waals surface area contributed by atoms with Crippen molar-refractivity contribution in [3.05, 3.63) is 23.6 Å². The van der Waals surface area contributed by atoms with Gasteiger partial charge in [-0.15, -0.1) is 0 Å². The summed E-state index contributed by atoms with van der Waals surface area (Å²) in [7, 11) is 0. The molecular formula is C10H14FNO2. The Morgan fingerprint density at radius 2 is 2.14 bits per heavy atom. The fourth-order valence-corrected chi connectivity index (χ4v) is 0.945. The van der Waals surface area contributed by atoms with E-state index in [2.05, 4.69) is 4.98 Å². The zero-order valence-electron chi connectivity index (χ0n) is 8.54. The van der Waals surface area contributed by atoms with Crippen molar-refractivity contribution in [2.45, 2.75) is 33.0 Å². The van der Waals surface area contributed by atoms with E-state index in [0.717, 1.165) is 0 Å². The van der Waals surface area contributed by atoms with E-state index in [4.69, 9.17) is 9.84 Å². The minimum absolute atomic E-state index is 0.0657. The van der Waals surface area contributed by atoms with Crippen LogP contribution >= 0.6 is 0 Å². The van der Waals surface area contributed by atoms with E-state index in [1.165, 1.54) is 12.3 Å². The lowest BCUT2D eigenvalue weighted by atomic mass is 10.2. The molecule has 0 aromatic carbocycles. The Labute approximate surface area is 82.5 Å². The number of aliphatic hydroxyl groups is 1. The van der Waals surface area contributed by atoms with Crippen molar-refractivity contribution in [2.75, 3.05) is 0 Å². The van der Waals surface area contributed by atoms with Gasteiger partial charge in [0.25, 0.3) is 5.88 Å². The second-order valence-corrected chi connectivity index (χ2v) is 3.96. The highest BCUT2D eigenvalue weighted by Crippen LogP contribution is 2.21. The molecule has 1 aromatic heterocycles. The molecule has 1 rings (SSSR count). The molecule has 0 spiro atoms. The maximum atomic E-state index is 13.5. The third-order valence-electron chi connectivity index (χ3n) is 1.51. The Morgan fingerprint density at radius 1 is 1.50 bits per heavy atom. The molecule has 0 aliphatic carbocycles. The Kier molecular flexibility index (Phi) is 3.06. The third kappa shape index (κ3) is 2.67. The lowest BCUT2D eigenvalue weighted by molar-refractivity contribution is 0.116. The van der Waals surface area contributed by atoms with Gasteiger partial charge >= 0.3 is 0 Å². The van der Waals surface area contributed by atoms with Crippen LogP contribution in [0.4, 0.5) is 4.39 Å². The molecule has 0 unspecified atom stereocenters. The Bertz CT molecular complexity index is 320. The fourth-order valence-electron chi connectivity index (χ4n) is 0.945. The predicted molar refractivity (Wildman–Crippen MR) is 50.5 cm³/mol. The van der Waals surface area contributed by atoms with Crippen LogP contribution in [0, 0.1) is 5.82 Å². The SMILES string of the molecule is CC(C)(C)Oc1nccc(CO)c1F. The van der Waals surface area contributed by atoms with E-state index < -0.39 is 11.4 Å². The van der Waals surface area contributed by atoms with Gasteiger partial charge in [-0.3, -0.25) is 0 Å². The second kappa shape index (κ2) is 3.92. The normalized spacial score (nSPS) is 11.5. The van der Waals surface area contributed by atoms with Crippen LogP contribution in [0.5, 0.6) is 5.88 Å². The van der Waals surface area contributed by atoms with Gasteiger partial charge in [-0.2, -0.15) is 0 Å². The molecule has 0 atom stereocenters. The lowest BCUT2D eigenvalue weighted by Crippen LogP contribution is -2.24. The van der Waals surface area contributed by atoms with Crippen molar-refractivity contribution < 1.29 is 14.2 Å². The monoisotopic (exact) mass is 199 g/mol. The Hall–Kier alpha value is -1.16. The van der Waals surface area contributed by atoms with Crippen LogP contribution in [0.1, 0.15) is 26.3 Å². The summed E-state index contributed by atoms with van der Waals surface area (Å²) in [5.74, 6) is -0.658. The van der Waals surface area contributed by atoms with Crippen molar-refractivity contribution in [3.63, 3.8) is 0 Å². The van der Waals surface area contributed by atoms with Crippen molar-refractivity contribution in [2.24, 2.45) is 0 Å². The zero-order chi connectivity index (χ0) is 10.8. The summed E-state index contributed by atoms with van der Waals surface area (Å²) in [5.41, 5.74) is -0.304. The summed E-state index contributed by atoms with van der Waals surface area (Å²) in [5, 5.41) is 8.82. The van der Waals surface area contributed by atoms with Gasteiger partial charge in [0, 0.05) is 11.8 Å². The van der Waals surface area contributed by atoms with Crippen LogP contribution < -0.4 is 4.74 Å². The highest BCUT2D eigenvalue weighted by Gasteiger charge is 2.17. The van der Waals surface area contributed by atoms with E-state index in [1.54, 1.807) is 20.8 Å². The van der Waals surface area contributed by atoms with Crippen LogP contribution in [0.3, 0.4) is 0 Å². The molecule has 0 saturated heterocycles. The summed E-state index contributed by atoms with van der Waals surface area (Å²) >= 11 is 0. The first-order chi connectivity index (χ1) is 6.44. The quantitative estimate of drug-likeness (QED) is 0.790. The number of hydrogen-bond acceptors (Lipinski definition) is 3. The smallest absolute Gasteiger partial charge is 0.251 e. The fraction of sp³-hybridized carbons (Fsp3) is 0.500. The van der Waals surface area contributed by atoms with E-state index in [1.807, 2.05) is 0 Å². The number of halogens is 1. The highest BCUT2D eigenvalue weighted by molar-refractivity contribution is 5.23. The molecule has 1 heterocycles. The first-order valence-corrected chi connectivity index (χ1v) is 4.37. The highest BCUT2D eigenvalue weighted by atomic mass is 19.1. The molecule has 0 aliphatic heterocycles. The number of nitrogens with zero attached hydrogens (tertiary/aromatic N) is 1. The molecule has 78 valence electrons. The maximum absolute atomic E-state index is 13.5. The van der Waals surface area contributed by atoms with Crippen LogP contribution in [-0.4, -0.2) is 15.7 Å². The summed E-state index contributed by atoms with van der Waals surface area (Å²) in [6.45, 7) is 5.06. The Morgan fingerprint density at radius 3 is 2.64 bits per heavy atom. The summed E-state index contributed by atoms with van der Waals surface area (Å²) in [4.78, 5) is 3.76. The van der Waals surface area contributed by atoms with Crippen molar-refractivity contribution >= 4 is 0 Å². The molecule has 0 saturated carbocycles. The molecule has 0 bridgehead atoms. The largest absolute Gasteiger partial charge is 0.470 e. The van der Waals surface area contributed by atoms with Gasteiger partial charge in [-0.05, 0) is 26.8 Å². The molecular weight excluding hydrogens is 185 g/mol. The van der Waals surface area contributed by atoms with Gasteiger partial charge < -0.3 is 9.84 Å². The number of pyridine rings is 1. The molecule has 1 N–H and O–H groups in total. The first kappa shape index (κ1) is 10.9. The zero-order valence-corrected chi connectivity index (χ0v) is 8.54. The van der Waals surface area contributed by atoms with Gasteiger partial charge in [0.05, 0.1) is 6.61 Å². The van der Waals surface area contributed by atoms with Gasteiger partial charge in [-0.25, -0.2) is 9.37 Å². The average Bonchev–Trinajstić information content (AvgIpc) is 2.06. The standard InChI is InChI=1S/C10H14FNO2/c1-10(2,3)14-9-8(11)7(6-13)4-5-12-9/h4-5,13H,6H2,1-3H3. The van der Waals surface area contributed by atoms with Crippen LogP contribution in [-0.2, 0) is 6.61 Å². The van der Waals surface area contributed by atoms with Gasteiger partial charge in [-0.1, -0.05) is 0 Å². The van der Waals surface area contributed by atoms with Crippen molar-refractivity contribution in [1.82, 2.24) is 4.98 Å². The lowest BCUT2D eigenvalue weighted by Gasteiger charge is -2.20. The van der Waals surface area contributed by atoms with Crippen molar-refractivity contribution in [1.29, 1.82) is 0 Å². The summed E-state index contributed by atoms with van der Waals surface area (Å²) in [6, 6.07) is 1.42. The summed E-state index contributed by atoms with van der Waals surface area (Å²) < 4.78 is 18.7. The van der Waals surface area contributed by atoms with Crippen molar-refractivity contribution in [3.8, 4) is 5.88 Å². The van der Waals surface area contributed by atoms with E-state index in [0.29, 0.717) is 0 Å². The minimum Gasteiger partial charge on any atom is -0.470 e. The molecule has 0 radical (unpaired) electrons. The number of hydrogen-bond donors (Lipinski definition) is 1. The molecule has 3 nitrogen and oxygen atoms in total. The third-order valence-corrected chi connectivity index (χ3v) is 1.51. The molecule has 1 aromatic rings. The van der Waals surface area contributed by atoms with Crippen LogP contribution in [0.15, 0.2) is 12.3 Å². The number of aliphatic hydroxyl groups excluding tert-OH is 1. The average molecular weight is 199 g/mol. The molecule has 0 amide bonds. The maximum Gasteiger partial charge on any atom is 0.251 e. The summed E-state index contributed by atoms with van der Waals surface area (Å²) in [6.07, 6.45) is 1.41. The van der Waals surface area contributed by atoms with Crippen LogP contribution in [0.25, 0.3) is 0 Å². The molecule has 14 heavy (non-hydrogen) atoms. The minimum atomic E-state index is -0.593. The topological polar surface area (TPSA) is 42.4 Å². The predicted octanol–water partition coefficient (Wildman–Crippen LogP) is 1.89. The first-order valence-electron chi connectivity index (χ1n) is 4.37. The van der Waals surface area contributed by atoms with Gasteiger partial charge in [0.15, 0.2) is 5.82 Å². The van der Waals surface area contributed by atoms with Crippen LogP contribution in [0.2, 0.25) is 0 Å². The van der Waals surface area contributed by atoms with E-state index in [-0.39, 0.29) is 18.1 Å². The number of rotatable bonds is 2. The van der Waals surface area contributed by atoms with Gasteiger partial charge in [0.1, 0.15) is 5.60 Å². The molecule has 0 fully saturated rings. The second-order valence-electron chi connectivity index (χ2n) is 3.96. The van der Waals surface area contributed by atoms with E-state index in [9.17, 15) is 4.39 Å². The van der Waals surface area contributed by atoms with E-state index >= 15 is 0 Å².